The molecule has 2 unspecified atom stereocenters. The van der Waals surface area contributed by atoms with Crippen LogP contribution in [0, 0.1) is 0 Å². The molecule has 40 heavy (non-hydrogen) atoms. The molecule has 0 aromatic heterocycles. The molecular weight excluding hydrogens is 598 g/mol. The van der Waals surface area contributed by atoms with Crippen molar-refractivity contribution in [3.05, 3.63) is 40.9 Å². The van der Waals surface area contributed by atoms with Gasteiger partial charge in [0, 0.05) is 44.1 Å². The van der Waals surface area contributed by atoms with Crippen LogP contribution < -0.4 is 4.72 Å². The van der Waals surface area contributed by atoms with Gasteiger partial charge in [-0.2, -0.15) is 4.72 Å². The van der Waals surface area contributed by atoms with Crippen molar-refractivity contribution in [2.24, 2.45) is 0 Å². The Hall–Kier alpha value is -2.54. The number of likely N-dealkylation sites (tertiary alicyclic amines) is 2. The first-order chi connectivity index (χ1) is 19.1. The molecule has 2 atom stereocenters. The van der Waals surface area contributed by atoms with E-state index in [1.165, 1.54) is 11.0 Å². The first-order valence-electron chi connectivity index (χ1n) is 13.9. The molecular formula is C28H36BrN5O5S. The minimum absolute atomic E-state index is 0.000798. The molecule has 3 heterocycles. The van der Waals surface area contributed by atoms with Gasteiger partial charge in [-0.1, -0.05) is 28.1 Å². The van der Waals surface area contributed by atoms with Crippen molar-refractivity contribution in [1.82, 2.24) is 24.3 Å². The number of hydrogen-bond acceptors (Lipinski definition) is 6. The van der Waals surface area contributed by atoms with E-state index >= 15 is 0 Å². The maximum atomic E-state index is 13.5. The molecule has 0 saturated carbocycles. The second-order valence-corrected chi connectivity index (χ2v) is 13.6. The number of nitrogens with one attached hydrogen (secondary N) is 1. The van der Waals surface area contributed by atoms with E-state index in [-0.39, 0.29) is 35.2 Å². The van der Waals surface area contributed by atoms with Gasteiger partial charge in [-0.25, -0.2) is 8.42 Å². The highest BCUT2D eigenvalue weighted by molar-refractivity contribution is 9.10. The quantitative estimate of drug-likeness (QED) is 0.500. The molecule has 0 spiro atoms. The summed E-state index contributed by atoms with van der Waals surface area (Å²) in [6.07, 6.45) is 3.23. The number of piperazine rings is 1. The molecule has 3 fully saturated rings. The third kappa shape index (κ3) is 6.50. The van der Waals surface area contributed by atoms with Gasteiger partial charge in [-0.15, -0.1) is 0 Å². The normalized spacial score (nSPS) is 22.8. The standard InChI is InChI=1S/C28H36BrN5O5S/c1-20(35)32-13-14-34(24(18-32)17-31-10-2-3-11-31)27(36)19-33-12-4-5-26(28(33)37)30-40(38,39)25-9-7-21-15-23(29)8-6-22(21)16-25/h6-9,15-16,24,26,30H,2-5,10-14,17-19H2,1H3. The largest absolute Gasteiger partial charge is 0.339 e. The zero-order valence-electron chi connectivity index (χ0n) is 22.7. The second-order valence-electron chi connectivity index (χ2n) is 10.9. The monoisotopic (exact) mass is 633 g/mol. The summed E-state index contributed by atoms with van der Waals surface area (Å²) >= 11 is 3.42. The number of carbonyl (C=O) groups is 3. The van der Waals surface area contributed by atoms with Gasteiger partial charge in [0.1, 0.15) is 6.04 Å². The summed E-state index contributed by atoms with van der Waals surface area (Å²) in [7, 11) is -3.95. The van der Waals surface area contributed by atoms with Crippen LogP contribution in [-0.4, -0.2) is 110 Å². The van der Waals surface area contributed by atoms with Crippen LogP contribution in [0.25, 0.3) is 10.8 Å². The number of hydrogen-bond donors (Lipinski definition) is 1. The van der Waals surface area contributed by atoms with Crippen molar-refractivity contribution in [3.63, 3.8) is 0 Å². The van der Waals surface area contributed by atoms with E-state index in [2.05, 4.69) is 25.6 Å². The minimum Gasteiger partial charge on any atom is -0.339 e. The molecule has 3 saturated heterocycles. The number of benzene rings is 2. The van der Waals surface area contributed by atoms with E-state index in [1.54, 1.807) is 24.0 Å². The summed E-state index contributed by atoms with van der Waals surface area (Å²) in [4.78, 5) is 46.4. The fraction of sp³-hybridized carbons (Fsp3) is 0.536. The van der Waals surface area contributed by atoms with Crippen molar-refractivity contribution in [3.8, 4) is 0 Å². The third-order valence-electron chi connectivity index (χ3n) is 8.15. The second kappa shape index (κ2) is 12.1. The summed E-state index contributed by atoms with van der Waals surface area (Å²) in [5.74, 6) is -0.546. The van der Waals surface area contributed by atoms with Crippen LogP contribution in [0.4, 0.5) is 0 Å². The molecule has 3 amide bonds. The highest BCUT2D eigenvalue weighted by atomic mass is 79.9. The molecule has 10 nitrogen and oxygen atoms in total. The predicted molar refractivity (Wildman–Crippen MR) is 155 cm³/mol. The van der Waals surface area contributed by atoms with Gasteiger partial charge in [-0.05, 0) is 73.8 Å². The van der Waals surface area contributed by atoms with Crippen LogP contribution in [0.3, 0.4) is 0 Å². The fourth-order valence-corrected chi connectivity index (χ4v) is 7.60. The zero-order valence-corrected chi connectivity index (χ0v) is 25.1. The van der Waals surface area contributed by atoms with Crippen molar-refractivity contribution >= 4 is 54.4 Å². The van der Waals surface area contributed by atoms with Gasteiger partial charge < -0.3 is 19.6 Å². The minimum atomic E-state index is -3.95. The van der Waals surface area contributed by atoms with Crippen molar-refractivity contribution < 1.29 is 22.8 Å². The molecule has 1 N–H and O–H groups in total. The van der Waals surface area contributed by atoms with Crippen LogP contribution in [0.2, 0.25) is 0 Å². The third-order valence-corrected chi connectivity index (χ3v) is 10.1. The van der Waals surface area contributed by atoms with Gasteiger partial charge in [0.05, 0.1) is 17.5 Å². The highest BCUT2D eigenvalue weighted by Gasteiger charge is 2.37. The Morgan fingerprint density at radius 2 is 1.70 bits per heavy atom. The number of rotatable bonds is 7. The fourth-order valence-electron chi connectivity index (χ4n) is 5.97. The van der Waals surface area contributed by atoms with E-state index in [9.17, 15) is 22.8 Å². The number of halogens is 1. The summed E-state index contributed by atoms with van der Waals surface area (Å²) in [6, 6.07) is 9.41. The number of amides is 3. The number of piperidine rings is 1. The Bertz CT molecular complexity index is 1400. The maximum Gasteiger partial charge on any atom is 0.242 e. The number of fused-ring (bicyclic) bond motifs is 1. The topological polar surface area (TPSA) is 110 Å². The van der Waals surface area contributed by atoms with Gasteiger partial charge in [-0.3, -0.25) is 14.4 Å². The van der Waals surface area contributed by atoms with Crippen LogP contribution in [-0.2, 0) is 24.4 Å². The van der Waals surface area contributed by atoms with Gasteiger partial charge in [0.25, 0.3) is 0 Å². The summed E-state index contributed by atoms with van der Waals surface area (Å²) in [5, 5.41) is 1.68. The SMILES string of the molecule is CC(=O)N1CCN(C(=O)CN2CCCC(NS(=O)(=O)c3ccc4cc(Br)ccc4c3)C2=O)C(CN2CCCC2)C1. The Morgan fingerprint density at radius 1 is 0.975 bits per heavy atom. The first-order valence-corrected chi connectivity index (χ1v) is 16.2. The van der Waals surface area contributed by atoms with Crippen LogP contribution in [0.1, 0.15) is 32.6 Å². The van der Waals surface area contributed by atoms with Crippen molar-refractivity contribution in [1.29, 1.82) is 0 Å². The Labute approximate surface area is 243 Å². The average Bonchev–Trinajstić information content (AvgIpc) is 3.43. The summed E-state index contributed by atoms with van der Waals surface area (Å²) in [5.41, 5.74) is 0. The molecule has 0 bridgehead atoms. The van der Waals surface area contributed by atoms with Crippen molar-refractivity contribution in [2.45, 2.75) is 49.6 Å². The molecule has 2 aromatic carbocycles. The maximum absolute atomic E-state index is 13.5. The van der Waals surface area contributed by atoms with Gasteiger partial charge >= 0.3 is 0 Å². The molecule has 0 radical (unpaired) electrons. The van der Waals surface area contributed by atoms with Gasteiger partial charge in [0.15, 0.2) is 0 Å². The number of nitrogens with zero attached hydrogens (tertiary/aromatic N) is 4. The van der Waals surface area contributed by atoms with Gasteiger partial charge in [0.2, 0.25) is 27.7 Å². The number of carbonyl (C=O) groups excluding carboxylic acids is 3. The zero-order chi connectivity index (χ0) is 28.4. The van der Waals surface area contributed by atoms with Crippen LogP contribution in [0.15, 0.2) is 45.8 Å². The van der Waals surface area contributed by atoms with Crippen LogP contribution >= 0.6 is 15.9 Å². The lowest BCUT2D eigenvalue weighted by Crippen LogP contribution is -2.61. The Balaban J connectivity index is 1.25. The molecule has 12 heteroatoms. The van der Waals surface area contributed by atoms with E-state index in [1.807, 2.05) is 23.1 Å². The lowest BCUT2D eigenvalue weighted by atomic mass is 10.1. The number of sulfonamides is 1. The smallest absolute Gasteiger partial charge is 0.242 e. The highest BCUT2D eigenvalue weighted by Crippen LogP contribution is 2.24. The molecule has 0 aliphatic carbocycles. The Morgan fingerprint density at radius 3 is 2.45 bits per heavy atom. The molecule has 216 valence electrons. The van der Waals surface area contributed by atoms with E-state index in [0.717, 1.165) is 41.2 Å². The molecule has 2 aromatic rings. The van der Waals surface area contributed by atoms with E-state index in [0.29, 0.717) is 45.6 Å². The lowest BCUT2D eigenvalue weighted by molar-refractivity contribution is -0.148. The first kappa shape index (κ1) is 29.0. The molecule has 3 aliphatic heterocycles. The van der Waals surface area contributed by atoms with E-state index < -0.39 is 16.1 Å². The Kier molecular flexibility index (Phi) is 8.79. The van der Waals surface area contributed by atoms with Crippen LogP contribution in [0.5, 0.6) is 0 Å². The average molecular weight is 635 g/mol. The predicted octanol–water partition coefficient (Wildman–Crippen LogP) is 2.03. The molecule has 3 aliphatic rings. The van der Waals surface area contributed by atoms with Crippen molar-refractivity contribution in [2.75, 3.05) is 52.4 Å². The summed E-state index contributed by atoms with van der Waals surface area (Å²) < 4.78 is 29.9. The lowest BCUT2D eigenvalue weighted by Gasteiger charge is -2.43. The van der Waals surface area contributed by atoms with E-state index in [4.69, 9.17) is 0 Å². The summed E-state index contributed by atoms with van der Waals surface area (Å²) in [6.45, 7) is 5.90. The molecule has 5 rings (SSSR count).